The summed E-state index contributed by atoms with van der Waals surface area (Å²) in [6, 6.07) is 21.6. The van der Waals surface area contributed by atoms with E-state index < -0.39 is 5.97 Å². The van der Waals surface area contributed by atoms with E-state index in [1.54, 1.807) is 29.2 Å². The number of thiocarbonyl (C=S) groups is 1. The normalized spacial score (nSPS) is 14.4. The molecular formula is C32H30BrN3O4S. The van der Waals surface area contributed by atoms with Crippen LogP contribution in [-0.2, 0) is 27.3 Å². The minimum absolute atomic E-state index is 0.182. The van der Waals surface area contributed by atoms with Crippen LogP contribution in [-0.4, -0.2) is 46.7 Å². The third-order valence-corrected chi connectivity index (χ3v) is 7.94. The van der Waals surface area contributed by atoms with Gasteiger partial charge in [0.15, 0.2) is 5.11 Å². The zero-order valence-corrected chi connectivity index (χ0v) is 25.5. The Morgan fingerprint density at radius 2 is 1.76 bits per heavy atom. The largest absolute Gasteiger partial charge is 0.494 e. The fraction of sp³-hybridized carbons (Fsp3) is 0.219. The summed E-state index contributed by atoms with van der Waals surface area (Å²) in [5, 5.41) is 1.23. The van der Waals surface area contributed by atoms with Crippen molar-refractivity contribution in [3.63, 3.8) is 0 Å². The van der Waals surface area contributed by atoms with Crippen molar-refractivity contribution in [2.24, 2.45) is 0 Å². The van der Waals surface area contributed by atoms with Crippen LogP contribution in [0.25, 0.3) is 17.0 Å². The number of benzene rings is 3. The highest BCUT2D eigenvalue weighted by Crippen LogP contribution is 2.33. The van der Waals surface area contributed by atoms with Gasteiger partial charge in [-0.15, -0.1) is 0 Å². The number of halogens is 1. The second-order valence-corrected chi connectivity index (χ2v) is 10.8. The molecule has 1 amide bonds. The average Bonchev–Trinajstić information content (AvgIpc) is 3.44. The summed E-state index contributed by atoms with van der Waals surface area (Å²) in [7, 11) is 1.32. The maximum Gasteiger partial charge on any atom is 0.325 e. The maximum atomic E-state index is 13.9. The average molecular weight is 633 g/mol. The molecule has 1 aromatic heterocycles. The van der Waals surface area contributed by atoms with E-state index in [9.17, 15) is 9.59 Å². The number of hydrogen-bond donors (Lipinski definition) is 0. The molecule has 41 heavy (non-hydrogen) atoms. The second kappa shape index (κ2) is 12.3. The number of para-hydroxylation sites is 1. The molecule has 0 aliphatic carbocycles. The van der Waals surface area contributed by atoms with Crippen molar-refractivity contribution in [2.75, 3.05) is 25.2 Å². The Morgan fingerprint density at radius 1 is 1.02 bits per heavy atom. The number of nitrogens with zero attached hydrogens (tertiary/aromatic N) is 3. The molecule has 0 saturated carbocycles. The van der Waals surface area contributed by atoms with Gasteiger partial charge in [-0.2, -0.15) is 0 Å². The molecule has 9 heteroatoms. The fourth-order valence-electron chi connectivity index (χ4n) is 5.04. The number of amides is 1. The van der Waals surface area contributed by atoms with Crippen LogP contribution in [0.5, 0.6) is 5.75 Å². The van der Waals surface area contributed by atoms with Crippen molar-refractivity contribution in [1.29, 1.82) is 0 Å². The molecule has 7 nitrogen and oxygen atoms in total. The van der Waals surface area contributed by atoms with Crippen molar-refractivity contribution in [3.05, 3.63) is 99.8 Å². The molecule has 0 unspecified atom stereocenters. The van der Waals surface area contributed by atoms with Gasteiger partial charge in [0, 0.05) is 28.2 Å². The predicted molar refractivity (Wildman–Crippen MR) is 169 cm³/mol. The van der Waals surface area contributed by atoms with Crippen molar-refractivity contribution in [2.45, 2.75) is 26.8 Å². The summed E-state index contributed by atoms with van der Waals surface area (Å²) >= 11 is 9.26. The lowest BCUT2D eigenvalue weighted by Crippen LogP contribution is -2.35. The highest BCUT2D eigenvalue weighted by molar-refractivity contribution is 9.10. The number of ether oxygens (including phenoxy) is 2. The molecule has 0 N–H and O–H groups in total. The Hall–Kier alpha value is -3.95. The number of fused-ring (bicyclic) bond motifs is 1. The van der Waals surface area contributed by atoms with Gasteiger partial charge in [-0.3, -0.25) is 14.5 Å². The zero-order valence-electron chi connectivity index (χ0n) is 23.1. The van der Waals surface area contributed by atoms with Gasteiger partial charge in [-0.25, -0.2) is 0 Å². The van der Waals surface area contributed by atoms with Crippen LogP contribution < -0.4 is 9.64 Å². The molecule has 0 atom stereocenters. The number of carbonyl (C=O) groups excluding carboxylic acids is 2. The number of rotatable bonds is 9. The van der Waals surface area contributed by atoms with Crippen LogP contribution in [0.15, 0.2) is 83.1 Å². The van der Waals surface area contributed by atoms with Crippen LogP contribution in [0, 0.1) is 0 Å². The number of carbonyl (C=O) groups is 2. The Bertz CT molecular complexity index is 1640. The molecule has 1 saturated heterocycles. The molecule has 5 rings (SSSR count). The van der Waals surface area contributed by atoms with E-state index in [1.807, 2.05) is 31.2 Å². The third-order valence-electron chi connectivity index (χ3n) is 7.01. The lowest BCUT2D eigenvalue weighted by atomic mass is 10.1. The van der Waals surface area contributed by atoms with Crippen LogP contribution in [0.4, 0.5) is 5.69 Å². The lowest BCUT2D eigenvalue weighted by molar-refractivity contribution is -0.140. The summed E-state index contributed by atoms with van der Waals surface area (Å²) in [6.45, 7) is 5.07. The van der Waals surface area contributed by atoms with E-state index >= 15 is 0 Å². The lowest BCUT2D eigenvalue weighted by Gasteiger charge is -2.19. The number of aromatic nitrogens is 1. The molecule has 4 aromatic rings. The molecule has 0 bridgehead atoms. The Labute approximate surface area is 253 Å². The van der Waals surface area contributed by atoms with Gasteiger partial charge < -0.3 is 18.9 Å². The van der Waals surface area contributed by atoms with Crippen molar-refractivity contribution in [1.82, 2.24) is 9.47 Å². The number of esters is 1. The molecule has 0 radical (unpaired) electrons. The molecule has 1 aliphatic rings. The van der Waals surface area contributed by atoms with Gasteiger partial charge in [-0.05, 0) is 79.2 Å². The Balaban J connectivity index is 1.61. The van der Waals surface area contributed by atoms with Gasteiger partial charge in [0.2, 0.25) is 0 Å². The first-order valence-electron chi connectivity index (χ1n) is 13.4. The first kappa shape index (κ1) is 28.6. The van der Waals surface area contributed by atoms with Crippen molar-refractivity contribution in [3.8, 4) is 5.75 Å². The molecule has 1 fully saturated rings. The van der Waals surface area contributed by atoms with Crippen LogP contribution in [0.1, 0.15) is 30.5 Å². The minimum atomic E-state index is -0.495. The number of methoxy groups -OCH3 is 1. The van der Waals surface area contributed by atoms with Gasteiger partial charge in [0.25, 0.3) is 5.91 Å². The van der Waals surface area contributed by atoms with E-state index in [4.69, 9.17) is 21.7 Å². The Kier molecular flexibility index (Phi) is 8.56. The van der Waals surface area contributed by atoms with E-state index in [0.29, 0.717) is 30.3 Å². The van der Waals surface area contributed by atoms with Gasteiger partial charge in [-0.1, -0.05) is 53.2 Å². The topological polar surface area (TPSA) is 64.0 Å². The predicted octanol–water partition coefficient (Wildman–Crippen LogP) is 6.56. The SMILES string of the molecule is CCOc1ccc(N2C(=O)/C(=C/c3cn(Cc4ccc(Br)cc4)c4c(CC)cccc34)N(CC(=O)OC)C2=S)cc1. The molecule has 1 aliphatic heterocycles. The van der Waals surface area contributed by atoms with E-state index in [1.165, 1.54) is 17.6 Å². The van der Waals surface area contributed by atoms with E-state index in [0.717, 1.165) is 32.9 Å². The van der Waals surface area contributed by atoms with E-state index in [2.05, 4.69) is 57.9 Å². The van der Waals surface area contributed by atoms with Gasteiger partial charge >= 0.3 is 5.97 Å². The molecular weight excluding hydrogens is 602 g/mol. The molecule has 210 valence electrons. The molecule has 3 aromatic carbocycles. The maximum absolute atomic E-state index is 13.9. The first-order valence-corrected chi connectivity index (χ1v) is 14.6. The second-order valence-electron chi connectivity index (χ2n) is 9.55. The smallest absolute Gasteiger partial charge is 0.325 e. The highest BCUT2D eigenvalue weighted by atomic mass is 79.9. The van der Waals surface area contributed by atoms with Crippen molar-refractivity contribution >= 4 is 67.8 Å². The van der Waals surface area contributed by atoms with Gasteiger partial charge in [0.05, 0.1) is 24.9 Å². The molecule has 0 spiro atoms. The summed E-state index contributed by atoms with van der Waals surface area (Å²) in [5.74, 6) is -0.115. The third kappa shape index (κ3) is 5.78. The zero-order chi connectivity index (χ0) is 29.1. The summed E-state index contributed by atoms with van der Waals surface area (Å²) in [4.78, 5) is 29.3. The van der Waals surface area contributed by atoms with E-state index in [-0.39, 0.29) is 17.6 Å². The number of anilines is 1. The minimum Gasteiger partial charge on any atom is -0.494 e. The monoisotopic (exact) mass is 631 g/mol. The van der Waals surface area contributed by atoms with Crippen LogP contribution in [0.3, 0.4) is 0 Å². The highest BCUT2D eigenvalue weighted by Gasteiger charge is 2.40. The Morgan fingerprint density at radius 3 is 2.41 bits per heavy atom. The van der Waals surface area contributed by atoms with Crippen molar-refractivity contribution < 1.29 is 19.1 Å². The summed E-state index contributed by atoms with van der Waals surface area (Å²) in [6.07, 6.45) is 4.75. The summed E-state index contributed by atoms with van der Waals surface area (Å²) < 4.78 is 13.7. The fourth-order valence-corrected chi connectivity index (χ4v) is 5.65. The number of hydrogen-bond acceptors (Lipinski definition) is 5. The summed E-state index contributed by atoms with van der Waals surface area (Å²) in [5.41, 5.74) is 5.23. The first-order chi connectivity index (χ1) is 19.8. The van der Waals surface area contributed by atoms with Crippen LogP contribution in [0.2, 0.25) is 0 Å². The van der Waals surface area contributed by atoms with Gasteiger partial charge in [0.1, 0.15) is 18.0 Å². The number of aryl methyl sites for hydroxylation is 1. The molecule has 2 heterocycles. The standard InChI is InChI=1S/C32H30BrN3O4S/c1-4-22-7-6-8-27-23(19-34(30(22)27)18-21-9-11-24(33)12-10-21)17-28-31(38)36(32(41)35(28)20-29(37)39-3)25-13-15-26(16-14-25)40-5-2/h6-17,19H,4-5,18,20H2,1-3H3/b28-17-. The van der Waals surface area contributed by atoms with Crippen LogP contribution >= 0.6 is 28.1 Å². The quantitative estimate of drug-likeness (QED) is 0.118.